The number of nitrogens with one attached hydrogen (secondary N) is 3. The molecule has 6 rings (SSSR count). The summed E-state index contributed by atoms with van der Waals surface area (Å²) in [4.78, 5) is 29.6. The van der Waals surface area contributed by atoms with Gasteiger partial charge in [0.05, 0.1) is 12.1 Å². The fourth-order valence-electron chi connectivity index (χ4n) is 7.91. The number of rotatable bonds is 4. The van der Waals surface area contributed by atoms with Crippen molar-refractivity contribution in [2.45, 2.75) is 88.8 Å². The van der Waals surface area contributed by atoms with E-state index < -0.39 is 0 Å². The number of hydrogen-bond acceptors (Lipinski definition) is 4. The largest absolute Gasteiger partial charge is 0.347 e. The van der Waals surface area contributed by atoms with Crippen LogP contribution in [0, 0.1) is 17.3 Å². The van der Waals surface area contributed by atoms with Crippen molar-refractivity contribution >= 4 is 11.8 Å². The van der Waals surface area contributed by atoms with Crippen LogP contribution in [0.3, 0.4) is 0 Å². The average Bonchev–Trinajstić information content (AvgIpc) is 3.63. The Labute approximate surface area is 210 Å². The number of aryl methyl sites for hydroxylation is 1. The molecule has 5 aliphatic rings. The third kappa shape index (κ3) is 4.64. The molecule has 0 bridgehead atoms. The van der Waals surface area contributed by atoms with Gasteiger partial charge in [-0.05, 0) is 80.0 Å². The van der Waals surface area contributed by atoms with Crippen LogP contribution in [0.15, 0.2) is 24.3 Å². The smallest absolute Gasteiger partial charge is 0.243 e. The first-order valence-corrected chi connectivity index (χ1v) is 14.2. The average molecular weight is 479 g/mol. The molecule has 6 nitrogen and oxygen atoms in total. The van der Waals surface area contributed by atoms with E-state index in [9.17, 15) is 9.59 Å². The highest BCUT2D eigenvalue weighted by molar-refractivity contribution is 5.91. The summed E-state index contributed by atoms with van der Waals surface area (Å²) in [5, 5.41) is 10.4. The quantitative estimate of drug-likeness (QED) is 0.621. The van der Waals surface area contributed by atoms with E-state index >= 15 is 0 Å². The number of fused-ring (bicyclic) bond motifs is 1. The number of carbonyl (C=O) groups is 2. The molecule has 2 amide bonds. The monoisotopic (exact) mass is 478 g/mol. The van der Waals surface area contributed by atoms with Crippen LogP contribution in [0.4, 0.5) is 0 Å². The molecule has 2 aliphatic carbocycles. The van der Waals surface area contributed by atoms with Crippen molar-refractivity contribution in [1.29, 1.82) is 0 Å². The van der Waals surface area contributed by atoms with E-state index in [4.69, 9.17) is 0 Å². The highest BCUT2D eigenvalue weighted by Crippen LogP contribution is 2.41. The summed E-state index contributed by atoms with van der Waals surface area (Å²) in [6.07, 6.45) is 12.4. The number of hydrogen-bond donors (Lipinski definition) is 3. The molecule has 1 spiro atoms. The topological polar surface area (TPSA) is 73.5 Å². The zero-order chi connectivity index (χ0) is 23.8. The Morgan fingerprint density at radius 3 is 2.63 bits per heavy atom. The third-order valence-electron chi connectivity index (χ3n) is 10.0. The van der Waals surface area contributed by atoms with Crippen molar-refractivity contribution in [1.82, 2.24) is 20.9 Å². The number of benzene rings is 1. The van der Waals surface area contributed by atoms with Gasteiger partial charge in [0.2, 0.25) is 11.8 Å². The highest BCUT2D eigenvalue weighted by atomic mass is 16.2. The van der Waals surface area contributed by atoms with Gasteiger partial charge < -0.3 is 20.9 Å². The van der Waals surface area contributed by atoms with Gasteiger partial charge in [0, 0.05) is 13.1 Å². The molecule has 1 aromatic rings. The summed E-state index contributed by atoms with van der Waals surface area (Å²) in [5.41, 5.74) is 2.85. The Balaban J connectivity index is 1.18. The van der Waals surface area contributed by atoms with Crippen molar-refractivity contribution in [3.63, 3.8) is 0 Å². The maximum absolute atomic E-state index is 13.9. The summed E-state index contributed by atoms with van der Waals surface area (Å²) in [5.74, 6) is 1.36. The molecule has 4 fully saturated rings. The van der Waals surface area contributed by atoms with Gasteiger partial charge in [0.25, 0.3) is 0 Å². The number of likely N-dealkylation sites (tertiary alicyclic amines) is 1. The summed E-state index contributed by atoms with van der Waals surface area (Å²) in [7, 11) is 0. The zero-order valence-corrected chi connectivity index (χ0v) is 21.1. The van der Waals surface area contributed by atoms with Gasteiger partial charge in [0.15, 0.2) is 0 Å². The molecule has 0 radical (unpaired) electrons. The minimum atomic E-state index is -0.325. The van der Waals surface area contributed by atoms with E-state index in [0.29, 0.717) is 11.8 Å². The fourth-order valence-corrected chi connectivity index (χ4v) is 7.91. The lowest BCUT2D eigenvalue weighted by molar-refractivity contribution is -0.140. The molecule has 1 aromatic carbocycles. The van der Waals surface area contributed by atoms with Crippen molar-refractivity contribution in [2.24, 2.45) is 17.3 Å². The predicted octanol–water partition coefficient (Wildman–Crippen LogP) is 3.32. The lowest BCUT2D eigenvalue weighted by Gasteiger charge is -2.33. The SMILES string of the molecule is O=C(N[C@@H]1CCc2ccccc21)[C@@H]1C[C@@H](C2CCCCC2)CN1C(=O)[C@@H]1CC2(CCNCC2)CN1. The lowest BCUT2D eigenvalue weighted by Crippen LogP contribution is -2.51. The van der Waals surface area contributed by atoms with Crippen LogP contribution in [-0.2, 0) is 16.0 Å². The molecule has 0 unspecified atom stereocenters. The second-order valence-corrected chi connectivity index (χ2v) is 12.1. The molecule has 35 heavy (non-hydrogen) atoms. The van der Waals surface area contributed by atoms with Crippen LogP contribution in [0.5, 0.6) is 0 Å². The standard InChI is InChI=1S/C29H42N4O2/c34-27(32-24-11-10-21-8-4-5-9-23(21)24)26-16-22(20-6-2-1-3-7-20)18-33(26)28(35)25-17-29(19-31-25)12-14-30-15-13-29/h4-5,8-9,20,22,24-26,30-31H,1-3,6-7,10-19H2,(H,32,34)/t22-,24-,25+,26+/m1/s1. The van der Waals surface area contributed by atoms with E-state index in [1.807, 2.05) is 4.90 Å². The molecule has 3 heterocycles. The van der Waals surface area contributed by atoms with Gasteiger partial charge in [-0.25, -0.2) is 0 Å². The van der Waals surface area contributed by atoms with Gasteiger partial charge in [-0.15, -0.1) is 0 Å². The minimum absolute atomic E-state index is 0.0629. The van der Waals surface area contributed by atoms with Crippen LogP contribution >= 0.6 is 0 Å². The lowest BCUT2D eigenvalue weighted by atomic mass is 9.77. The van der Waals surface area contributed by atoms with Gasteiger partial charge in [-0.2, -0.15) is 0 Å². The predicted molar refractivity (Wildman–Crippen MR) is 137 cm³/mol. The Hall–Kier alpha value is -1.92. The molecular formula is C29H42N4O2. The second kappa shape index (κ2) is 9.85. The van der Waals surface area contributed by atoms with E-state index in [1.54, 1.807) is 0 Å². The molecule has 190 valence electrons. The highest BCUT2D eigenvalue weighted by Gasteiger charge is 2.48. The first-order chi connectivity index (χ1) is 17.1. The van der Waals surface area contributed by atoms with Crippen LogP contribution in [0.2, 0.25) is 0 Å². The Kier molecular flexibility index (Phi) is 6.61. The molecule has 4 atom stereocenters. The summed E-state index contributed by atoms with van der Waals surface area (Å²) < 4.78 is 0. The van der Waals surface area contributed by atoms with Crippen molar-refractivity contribution in [2.75, 3.05) is 26.2 Å². The van der Waals surface area contributed by atoms with E-state index in [1.165, 1.54) is 43.2 Å². The van der Waals surface area contributed by atoms with Crippen molar-refractivity contribution < 1.29 is 9.59 Å². The molecule has 3 saturated heterocycles. The van der Waals surface area contributed by atoms with E-state index in [2.05, 4.69) is 40.2 Å². The van der Waals surface area contributed by atoms with Gasteiger partial charge in [-0.1, -0.05) is 56.4 Å². The van der Waals surface area contributed by atoms with Gasteiger partial charge >= 0.3 is 0 Å². The van der Waals surface area contributed by atoms with Crippen molar-refractivity contribution in [3.05, 3.63) is 35.4 Å². The Morgan fingerprint density at radius 2 is 1.80 bits per heavy atom. The molecule has 3 N–H and O–H groups in total. The van der Waals surface area contributed by atoms with Crippen LogP contribution in [0.25, 0.3) is 0 Å². The number of carbonyl (C=O) groups excluding carboxylic acids is 2. The fraction of sp³-hybridized carbons (Fsp3) is 0.724. The Morgan fingerprint density at radius 1 is 1.00 bits per heavy atom. The first kappa shape index (κ1) is 23.5. The summed E-state index contributed by atoms with van der Waals surface area (Å²) in [6.45, 7) is 3.78. The molecule has 3 aliphatic heterocycles. The van der Waals surface area contributed by atoms with Gasteiger partial charge in [0.1, 0.15) is 6.04 Å². The zero-order valence-electron chi connectivity index (χ0n) is 21.1. The minimum Gasteiger partial charge on any atom is -0.347 e. The Bertz CT molecular complexity index is 936. The van der Waals surface area contributed by atoms with Crippen molar-refractivity contribution in [3.8, 4) is 0 Å². The maximum Gasteiger partial charge on any atom is 0.243 e. The number of nitrogens with zero attached hydrogens (tertiary/aromatic N) is 1. The summed E-state index contributed by atoms with van der Waals surface area (Å²) >= 11 is 0. The maximum atomic E-state index is 13.9. The molecule has 1 saturated carbocycles. The molecular weight excluding hydrogens is 436 g/mol. The number of amides is 2. The van der Waals surface area contributed by atoms with Gasteiger partial charge in [-0.3, -0.25) is 9.59 Å². The van der Waals surface area contributed by atoms with Crippen LogP contribution < -0.4 is 16.0 Å². The first-order valence-electron chi connectivity index (χ1n) is 14.2. The van der Waals surface area contributed by atoms with E-state index in [-0.39, 0.29) is 35.4 Å². The van der Waals surface area contributed by atoms with Crippen LogP contribution in [-0.4, -0.2) is 55.0 Å². The second-order valence-electron chi connectivity index (χ2n) is 12.1. The molecule has 6 heteroatoms. The molecule has 0 aromatic heterocycles. The number of piperidine rings is 1. The van der Waals surface area contributed by atoms with Crippen LogP contribution in [0.1, 0.15) is 81.4 Å². The van der Waals surface area contributed by atoms with E-state index in [0.717, 1.165) is 64.7 Å². The normalized spacial score (nSPS) is 32.6. The summed E-state index contributed by atoms with van der Waals surface area (Å²) in [6, 6.07) is 8.08. The third-order valence-corrected chi connectivity index (χ3v) is 10.0.